The van der Waals surface area contributed by atoms with E-state index >= 15 is 0 Å². The maximum Gasteiger partial charge on any atom is 0.292 e. The first-order chi connectivity index (χ1) is 9.56. The Morgan fingerprint density at radius 2 is 2.20 bits per heavy atom. The van der Waals surface area contributed by atoms with Gasteiger partial charge in [-0.15, -0.1) is 11.3 Å². The molecule has 0 radical (unpaired) electrons. The molecule has 0 atom stereocenters. The average molecular weight is 291 g/mol. The maximum absolute atomic E-state index is 10.7. The fourth-order valence-corrected chi connectivity index (χ4v) is 2.71. The normalized spacial score (nSPS) is 10.9. The Hall–Kier alpha value is -1.92. The van der Waals surface area contributed by atoms with Crippen molar-refractivity contribution in [3.63, 3.8) is 0 Å². The molecule has 20 heavy (non-hydrogen) atoms. The number of nitrogen functional groups attached to an aromatic ring is 1. The molecule has 0 spiro atoms. The summed E-state index contributed by atoms with van der Waals surface area (Å²) in [5.74, 6) is 0. The number of anilines is 1. The smallest absolute Gasteiger partial charge is 0.292 e. The van der Waals surface area contributed by atoms with Gasteiger partial charge < -0.3 is 10.6 Å². The molecular weight excluding hydrogens is 274 g/mol. The van der Waals surface area contributed by atoms with E-state index in [9.17, 15) is 10.1 Å². The first-order valence-electron chi connectivity index (χ1n) is 6.30. The van der Waals surface area contributed by atoms with Crippen LogP contribution in [-0.2, 0) is 13.0 Å². The molecule has 0 unspecified atom stereocenters. The summed E-state index contributed by atoms with van der Waals surface area (Å²) in [5, 5.41) is 12.8. The van der Waals surface area contributed by atoms with Crippen molar-refractivity contribution >= 4 is 22.7 Å². The van der Waals surface area contributed by atoms with Gasteiger partial charge in [-0.25, -0.2) is 0 Å². The van der Waals surface area contributed by atoms with Crippen molar-refractivity contribution in [1.82, 2.24) is 4.90 Å². The molecule has 1 heterocycles. The molecule has 1 aromatic carbocycles. The number of nitrogens with zero attached hydrogens (tertiary/aromatic N) is 2. The summed E-state index contributed by atoms with van der Waals surface area (Å²) in [4.78, 5) is 13.8. The van der Waals surface area contributed by atoms with E-state index in [2.05, 4.69) is 22.4 Å². The van der Waals surface area contributed by atoms with Gasteiger partial charge in [0, 0.05) is 24.0 Å². The largest absolute Gasteiger partial charge is 0.393 e. The molecule has 0 aliphatic carbocycles. The Labute approximate surface area is 121 Å². The summed E-state index contributed by atoms with van der Waals surface area (Å²) >= 11 is 1.76. The van der Waals surface area contributed by atoms with Gasteiger partial charge in [-0.05, 0) is 36.5 Å². The number of likely N-dealkylation sites (N-methyl/N-ethyl adjacent to an activating group) is 1. The van der Waals surface area contributed by atoms with Gasteiger partial charge in [0.25, 0.3) is 5.69 Å². The first-order valence-corrected chi connectivity index (χ1v) is 7.18. The molecule has 0 saturated heterocycles. The highest BCUT2D eigenvalue weighted by atomic mass is 32.1. The topological polar surface area (TPSA) is 72.4 Å². The SMILES string of the molecule is CN(CCc1cccs1)Cc1ccc([N+](=O)[O-])c(N)c1. The molecule has 2 aromatic rings. The van der Waals surface area contributed by atoms with Crippen LogP contribution >= 0.6 is 11.3 Å². The summed E-state index contributed by atoms with van der Waals surface area (Å²) < 4.78 is 0. The summed E-state index contributed by atoms with van der Waals surface area (Å²) in [6, 6.07) is 9.09. The van der Waals surface area contributed by atoms with Gasteiger partial charge in [-0.2, -0.15) is 0 Å². The number of nitro benzene ring substituents is 1. The molecule has 0 bridgehead atoms. The zero-order chi connectivity index (χ0) is 14.5. The standard InChI is InChI=1S/C14H17N3O2S/c1-16(7-6-12-3-2-8-20-12)10-11-4-5-14(17(18)19)13(15)9-11/h2-5,8-9H,6-7,10,15H2,1H3. The summed E-state index contributed by atoms with van der Waals surface area (Å²) in [6.07, 6.45) is 1.01. The molecule has 5 nitrogen and oxygen atoms in total. The number of nitrogens with two attached hydrogens (primary N) is 1. The van der Waals surface area contributed by atoms with Gasteiger partial charge in [0.15, 0.2) is 0 Å². The number of thiophene rings is 1. The van der Waals surface area contributed by atoms with E-state index in [1.807, 2.05) is 7.05 Å². The molecule has 0 amide bonds. The van der Waals surface area contributed by atoms with Crippen LogP contribution in [-0.4, -0.2) is 23.4 Å². The van der Waals surface area contributed by atoms with E-state index < -0.39 is 4.92 Å². The number of benzene rings is 1. The molecule has 6 heteroatoms. The Morgan fingerprint density at radius 1 is 1.40 bits per heavy atom. The highest BCUT2D eigenvalue weighted by molar-refractivity contribution is 7.09. The molecule has 0 fully saturated rings. The second kappa shape index (κ2) is 6.49. The molecular formula is C14H17N3O2S. The summed E-state index contributed by atoms with van der Waals surface area (Å²) in [5.41, 5.74) is 6.87. The minimum atomic E-state index is -0.459. The van der Waals surface area contributed by atoms with E-state index in [-0.39, 0.29) is 11.4 Å². The van der Waals surface area contributed by atoms with Crippen LogP contribution in [0.1, 0.15) is 10.4 Å². The molecule has 0 aliphatic rings. The zero-order valence-corrected chi connectivity index (χ0v) is 12.1. The average Bonchev–Trinajstić information content (AvgIpc) is 2.89. The van der Waals surface area contributed by atoms with Crippen molar-refractivity contribution in [3.05, 3.63) is 56.3 Å². The van der Waals surface area contributed by atoms with E-state index in [1.165, 1.54) is 10.9 Å². The molecule has 1 aromatic heterocycles. The van der Waals surface area contributed by atoms with Gasteiger partial charge in [-0.3, -0.25) is 10.1 Å². The van der Waals surface area contributed by atoms with Crippen LogP contribution < -0.4 is 5.73 Å². The molecule has 0 aliphatic heterocycles. The monoisotopic (exact) mass is 291 g/mol. The van der Waals surface area contributed by atoms with Crippen LogP contribution in [0.2, 0.25) is 0 Å². The van der Waals surface area contributed by atoms with Crippen LogP contribution in [0.4, 0.5) is 11.4 Å². The van der Waals surface area contributed by atoms with Gasteiger partial charge in [0.05, 0.1) is 4.92 Å². The maximum atomic E-state index is 10.7. The molecule has 2 N–H and O–H groups in total. The summed E-state index contributed by atoms with van der Waals surface area (Å²) in [6.45, 7) is 1.67. The zero-order valence-electron chi connectivity index (χ0n) is 11.3. The summed E-state index contributed by atoms with van der Waals surface area (Å²) in [7, 11) is 2.03. The van der Waals surface area contributed by atoms with E-state index in [4.69, 9.17) is 5.73 Å². The predicted molar refractivity (Wildman–Crippen MR) is 81.9 cm³/mol. The van der Waals surface area contributed by atoms with Gasteiger partial charge >= 0.3 is 0 Å². The molecule has 2 rings (SSSR count). The lowest BCUT2D eigenvalue weighted by Gasteiger charge is -2.16. The van der Waals surface area contributed by atoms with E-state index in [0.717, 1.165) is 25.1 Å². The lowest BCUT2D eigenvalue weighted by molar-refractivity contribution is -0.383. The second-order valence-electron chi connectivity index (χ2n) is 4.72. The number of rotatable bonds is 6. The quantitative estimate of drug-likeness (QED) is 0.504. The Morgan fingerprint density at radius 3 is 2.80 bits per heavy atom. The van der Waals surface area contributed by atoms with Crippen molar-refractivity contribution in [2.45, 2.75) is 13.0 Å². The van der Waals surface area contributed by atoms with Crippen molar-refractivity contribution < 1.29 is 4.92 Å². The fraction of sp³-hybridized carbons (Fsp3) is 0.286. The third kappa shape index (κ3) is 3.79. The minimum Gasteiger partial charge on any atom is -0.393 e. The Kier molecular flexibility index (Phi) is 4.70. The minimum absolute atomic E-state index is 0.0324. The van der Waals surface area contributed by atoms with Crippen LogP contribution in [0, 0.1) is 10.1 Å². The Bertz CT molecular complexity index is 584. The number of hydrogen-bond acceptors (Lipinski definition) is 5. The number of nitro groups is 1. The van der Waals surface area contributed by atoms with Crippen molar-refractivity contribution in [1.29, 1.82) is 0 Å². The molecule has 106 valence electrons. The van der Waals surface area contributed by atoms with Crippen molar-refractivity contribution in [2.75, 3.05) is 19.3 Å². The highest BCUT2D eigenvalue weighted by Gasteiger charge is 2.11. The van der Waals surface area contributed by atoms with Gasteiger partial charge in [-0.1, -0.05) is 12.1 Å². The van der Waals surface area contributed by atoms with Crippen LogP contribution in [0.3, 0.4) is 0 Å². The van der Waals surface area contributed by atoms with E-state index in [1.54, 1.807) is 23.5 Å². The predicted octanol–water partition coefficient (Wildman–Crippen LogP) is 2.91. The molecule has 0 saturated carbocycles. The van der Waals surface area contributed by atoms with E-state index in [0.29, 0.717) is 0 Å². The van der Waals surface area contributed by atoms with Crippen LogP contribution in [0.25, 0.3) is 0 Å². The Balaban J connectivity index is 1.92. The van der Waals surface area contributed by atoms with Crippen LogP contribution in [0.5, 0.6) is 0 Å². The number of hydrogen-bond donors (Lipinski definition) is 1. The fourth-order valence-electron chi connectivity index (χ4n) is 2.02. The van der Waals surface area contributed by atoms with Gasteiger partial charge in [0.1, 0.15) is 5.69 Å². The first kappa shape index (κ1) is 14.5. The third-order valence-electron chi connectivity index (χ3n) is 3.06. The third-order valence-corrected chi connectivity index (χ3v) is 4.00. The van der Waals surface area contributed by atoms with Gasteiger partial charge in [0.2, 0.25) is 0 Å². The highest BCUT2D eigenvalue weighted by Crippen LogP contribution is 2.22. The van der Waals surface area contributed by atoms with Crippen LogP contribution in [0.15, 0.2) is 35.7 Å². The van der Waals surface area contributed by atoms with Crippen molar-refractivity contribution in [3.8, 4) is 0 Å². The lowest BCUT2D eigenvalue weighted by Crippen LogP contribution is -2.20. The van der Waals surface area contributed by atoms with Crippen molar-refractivity contribution in [2.24, 2.45) is 0 Å². The second-order valence-corrected chi connectivity index (χ2v) is 5.75. The lowest BCUT2D eigenvalue weighted by atomic mass is 10.1.